The van der Waals surface area contributed by atoms with Gasteiger partial charge in [-0.2, -0.15) is 10.9 Å². The van der Waals surface area contributed by atoms with Crippen LogP contribution in [-0.4, -0.2) is 21.8 Å². The summed E-state index contributed by atoms with van der Waals surface area (Å²) in [7, 11) is 0. The Morgan fingerprint density at radius 3 is 1.76 bits per heavy atom. The monoisotopic (exact) mass is 419 g/mol. The highest BCUT2D eigenvalue weighted by atomic mass is 35.5. The molecule has 0 bridgehead atoms. The Labute approximate surface area is 182 Å². The molecule has 5 heteroatoms. The smallest absolute Gasteiger partial charge is 0.252 e. The fraction of sp³-hybridized carbons (Fsp3) is 0.125. The SMILES string of the molecule is CC1=CC(C(Cl)Cl)=N[B-](c2ccccc2)(c2ccccc2)N1Cc1ccccc1. The highest BCUT2D eigenvalue weighted by Crippen LogP contribution is 2.28. The molecule has 3 aromatic carbocycles. The minimum Gasteiger partial charge on any atom is -0.519 e. The van der Waals surface area contributed by atoms with E-state index in [0.29, 0.717) is 5.71 Å². The molecule has 0 saturated heterocycles. The van der Waals surface area contributed by atoms with Crippen LogP contribution in [0.4, 0.5) is 0 Å². The van der Waals surface area contributed by atoms with Crippen LogP contribution in [0.25, 0.3) is 0 Å². The standard InChI is InChI=1S/C24H22BCl2N2/c1-19-17-23(24(26)27)28-25(21-13-7-3-8-14-21,22-15-9-4-10-16-22)29(19)18-20-11-5-2-6-12-20/h2-17,24H,18H2,1H3/q-1. The predicted octanol–water partition coefficient (Wildman–Crippen LogP) is 4.91. The number of halogens is 2. The molecule has 1 aliphatic rings. The van der Waals surface area contributed by atoms with Gasteiger partial charge in [-0.3, -0.25) is 0 Å². The van der Waals surface area contributed by atoms with Crippen LogP contribution in [0, 0.1) is 0 Å². The number of benzene rings is 3. The maximum atomic E-state index is 6.31. The van der Waals surface area contributed by atoms with E-state index in [-0.39, 0.29) is 0 Å². The van der Waals surface area contributed by atoms with E-state index in [0.717, 1.165) is 23.2 Å². The van der Waals surface area contributed by atoms with E-state index < -0.39 is 11.3 Å². The van der Waals surface area contributed by atoms with Crippen molar-refractivity contribution in [3.63, 3.8) is 0 Å². The van der Waals surface area contributed by atoms with Gasteiger partial charge in [-0.15, -0.1) is 0 Å². The molecule has 0 N–H and O–H groups in total. The summed E-state index contributed by atoms with van der Waals surface area (Å²) < 4.78 is 0. The van der Waals surface area contributed by atoms with Crippen LogP contribution in [0.5, 0.6) is 0 Å². The zero-order valence-electron chi connectivity index (χ0n) is 16.2. The molecule has 0 spiro atoms. The Hall–Kier alpha value is -2.49. The van der Waals surface area contributed by atoms with Crippen LogP contribution in [0.1, 0.15) is 12.5 Å². The first-order valence-electron chi connectivity index (χ1n) is 9.75. The van der Waals surface area contributed by atoms with Crippen molar-refractivity contribution in [1.82, 2.24) is 4.81 Å². The number of hydrogen-bond donors (Lipinski definition) is 0. The second-order valence-electron chi connectivity index (χ2n) is 7.35. The molecule has 3 aromatic rings. The lowest BCUT2D eigenvalue weighted by Crippen LogP contribution is -2.69. The van der Waals surface area contributed by atoms with Crippen LogP contribution in [0.15, 0.2) is 108 Å². The lowest BCUT2D eigenvalue weighted by atomic mass is 9.35. The van der Waals surface area contributed by atoms with Gasteiger partial charge in [0.1, 0.15) is 4.84 Å². The fourth-order valence-electron chi connectivity index (χ4n) is 4.21. The summed E-state index contributed by atoms with van der Waals surface area (Å²) in [5, 5.41) is 0. The average molecular weight is 420 g/mol. The number of alkyl halides is 2. The minimum atomic E-state index is -1.65. The first-order valence-corrected chi connectivity index (χ1v) is 10.6. The van der Waals surface area contributed by atoms with Crippen molar-refractivity contribution in [2.75, 3.05) is 0 Å². The zero-order chi connectivity index (χ0) is 20.3. The van der Waals surface area contributed by atoms with E-state index in [1.165, 1.54) is 5.56 Å². The fourth-order valence-corrected chi connectivity index (χ4v) is 4.45. The van der Waals surface area contributed by atoms with E-state index in [1.807, 2.05) is 24.3 Å². The zero-order valence-corrected chi connectivity index (χ0v) is 17.8. The van der Waals surface area contributed by atoms with Crippen LogP contribution < -0.4 is 10.9 Å². The van der Waals surface area contributed by atoms with Gasteiger partial charge in [0.05, 0.1) is 0 Å². The van der Waals surface area contributed by atoms with Gasteiger partial charge in [0, 0.05) is 12.3 Å². The molecule has 0 aliphatic carbocycles. The van der Waals surface area contributed by atoms with Crippen LogP contribution in [-0.2, 0) is 6.54 Å². The van der Waals surface area contributed by atoms with Crippen molar-refractivity contribution in [2.24, 2.45) is 4.90 Å². The molecule has 146 valence electrons. The van der Waals surface area contributed by atoms with Gasteiger partial charge in [0.25, 0.3) is 6.42 Å². The van der Waals surface area contributed by atoms with Crippen LogP contribution in [0.3, 0.4) is 0 Å². The molecule has 0 fully saturated rings. The normalized spacial score (nSPS) is 15.8. The van der Waals surface area contributed by atoms with E-state index in [1.54, 1.807) is 0 Å². The Kier molecular flexibility index (Phi) is 5.80. The van der Waals surface area contributed by atoms with Crippen molar-refractivity contribution >= 4 is 46.3 Å². The molecule has 4 rings (SSSR count). The van der Waals surface area contributed by atoms with E-state index in [4.69, 9.17) is 28.1 Å². The van der Waals surface area contributed by atoms with Gasteiger partial charge in [-0.25, -0.2) is 0 Å². The number of hydrogen-bond acceptors (Lipinski definition) is 2. The molecule has 0 aromatic heterocycles. The van der Waals surface area contributed by atoms with E-state index in [2.05, 4.69) is 84.5 Å². The second-order valence-corrected chi connectivity index (χ2v) is 8.45. The molecule has 0 unspecified atom stereocenters. The summed E-state index contributed by atoms with van der Waals surface area (Å²) in [6.07, 6.45) is 0.346. The quantitative estimate of drug-likeness (QED) is 0.423. The third-order valence-corrected chi connectivity index (χ3v) is 5.99. The number of allylic oxidation sites excluding steroid dienone is 2. The van der Waals surface area contributed by atoms with Crippen molar-refractivity contribution in [3.8, 4) is 0 Å². The van der Waals surface area contributed by atoms with Gasteiger partial charge in [-0.1, -0.05) is 114 Å². The third kappa shape index (κ3) is 3.85. The molecular formula is C24H22BCl2N2-. The number of rotatable bonds is 5. The van der Waals surface area contributed by atoms with Crippen molar-refractivity contribution in [1.29, 1.82) is 0 Å². The van der Waals surface area contributed by atoms with Gasteiger partial charge in [0.2, 0.25) is 0 Å². The molecule has 0 amide bonds. The Bertz CT molecular complexity index is 979. The largest absolute Gasteiger partial charge is 0.519 e. The number of nitrogens with zero attached hydrogens (tertiary/aromatic N) is 2. The topological polar surface area (TPSA) is 15.6 Å². The Morgan fingerprint density at radius 2 is 1.28 bits per heavy atom. The van der Waals surface area contributed by atoms with Crippen molar-refractivity contribution < 1.29 is 0 Å². The molecule has 0 atom stereocenters. The van der Waals surface area contributed by atoms with Crippen LogP contribution in [0.2, 0.25) is 0 Å². The maximum Gasteiger partial charge on any atom is 0.252 e. The van der Waals surface area contributed by atoms with Gasteiger partial charge in [0.15, 0.2) is 0 Å². The lowest BCUT2D eigenvalue weighted by Gasteiger charge is -2.54. The average Bonchev–Trinajstić information content (AvgIpc) is 2.77. The van der Waals surface area contributed by atoms with E-state index >= 15 is 0 Å². The predicted molar refractivity (Wildman–Crippen MR) is 127 cm³/mol. The third-order valence-electron chi connectivity index (χ3n) is 5.54. The molecule has 0 radical (unpaired) electrons. The van der Waals surface area contributed by atoms with Gasteiger partial charge >= 0.3 is 0 Å². The summed E-state index contributed by atoms with van der Waals surface area (Å²) >= 11 is 12.6. The Balaban J connectivity index is 1.97. The highest BCUT2D eigenvalue weighted by molar-refractivity contribution is 7.00. The maximum absolute atomic E-state index is 6.31. The highest BCUT2D eigenvalue weighted by Gasteiger charge is 2.37. The van der Waals surface area contributed by atoms with E-state index in [9.17, 15) is 0 Å². The molecule has 2 nitrogen and oxygen atoms in total. The summed E-state index contributed by atoms with van der Waals surface area (Å²) in [5.74, 6) is 0. The van der Waals surface area contributed by atoms with Crippen molar-refractivity contribution in [3.05, 3.63) is 108 Å². The lowest BCUT2D eigenvalue weighted by molar-refractivity contribution is 0.515. The van der Waals surface area contributed by atoms with Crippen LogP contribution >= 0.6 is 23.2 Å². The summed E-state index contributed by atoms with van der Waals surface area (Å²) in [5.41, 5.74) is 5.29. The summed E-state index contributed by atoms with van der Waals surface area (Å²) in [6.45, 7) is 2.84. The van der Waals surface area contributed by atoms with Crippen molar-refractivity contribution in [2.45, 2.75) is 18.3 Å². The van der Waals surface area contributed by atoms with Gasteiger partial charge < -0.3 is 9.71 Å². The molecular weight excluding hydrogens is 398 g/mol. The first-order chi connectivity index (χ1) is 14.1. The minimum absolute atomic E-state index is 0.683. The molecule has 0 saturated carbocycles. The molecule has 1 aliphatic heterocycles. The first kappa shape index (κ1) is 19.8. The second kappa shape index (κ2) is 8.48. The molecule has 1 heterocycles. The summed E-state index contributed by atoms with van der Waals surface area (Å²) in [4.78, 5) is 6.95. The van der Waals surface area contributed by atoms with Gasteiger partial charge in [-0.05, 0) is 24.3 Å². The summed E-state index contributed by atoms with van der Waals surface area (Å²) in [6, 6.07) is 31.3. The molecule has 29 heavy (non-hydrogen) atoms. The Morgan fingerprint density at radius 1 is 0.793 bits per heavy atom.